The fourth-order valence-corrected chi connectivity index (χ4v) is 3.02. The van der Waals surface area contributed by atoms with Crippen LogP contribution in [0, 0.1) is 0 Å². The fraction of sp³-hybridized carbons (Fsp3) is 0.600. The van der Waals surface area contributed by atoms with Crippen molar-refractivity contribution in [2.45, 2.75) is 44.6 Å². The van der Waals surface area contributed by atoms with Gasteiger partial charge >= 0.3 is 0 Å². The molecule has 1 atom stereocenters. The van der Waals surface area contributed by atoms with Gasteiger partial charge < -0.3 is 10.6 Å². The predicted octanol–water partition coefficient (Wildman–Crippen LogP) is 2.73. The monoisotopic (exact) mass is 230 g/mol. The Morgan fingerprint density at radius 3 is 2.82 bits per heavy atom. The van der Waals surface area contributed by atoms with Gasteiger partial charge in [0.05, 0.1) is 0 Å². The molecule has 92 valence electrons. The minimum atomic E-state index is 0.672. The van der Waals surface area contributed by atoms with E-state index in [1.165, 1.54) is 50.8 Å². The molecule has 0 saturated carbocycles. The van der Waals surface area contributed by atoms with Crippen molar-refractivity contribution in [1.82, 2.24) is 5.32 Å². The third-order valence-corrected chi connectivity index (χ3v) is 4.06. The topological polar surface area (TPSA) is 24.1 Å². The molecule has 0 amide bonds. The lowest BCUT2D eigenvalue weighted by atomic mass is 9.91. The molecule has 2 heteroatoms. The lowest BCUT2D eigenvalue weighted by molar-refractivity contribution is 0.633. The van der Waals surface area contributed by atoms with Crippen molar-refractivity contribution in [1.29, 1.82) is 0 Å². The highest BCUT2D eigenvalue weighted by atomic mass is 15.0. The Labute approximate surface area is 104 Å². The Balaban J connectivity index is 1.62. The molecule has 0 radical (unpaired) electrons. The summed E-state index contributed by atoms with van der Waals surface area (Å²) in [4.78, 5) is 0. The quantitative estimate of drug-likeness (QED) is 0.834. The van der Waals surface area contributed by atoms with Gasteiger partial charge in [-0.2, -0.15) is 0 Å². The maximum atomic E-state index is 3.57. The standard InChI is InChI=1S/C15H22N2/c1-2-5-13-10-14(8-7-12(13)4-1)17-11-15-6-3-9-16-15/h7-8,10,15-17H,1-6,9,11H2. The van der Waals surface area contributed by atoms with Gasteiger partial charge in [-0.05, 0) is 68.3 Å². The Bertz CT molecular complexity index is 381. The van der Waals surface area contributed by atoms with Crippen molar-refractivity contribution in [3.8, 4) is 0 Å². The Morgan fingerprint density at radius 1 is 1.12 bits per heavy atom. The van der Waals surface area contributed by atoms with Crippen LogP contribution >= 0.6 is 0 Å². The van der Waals surface area contributed by atoms with Crippen molar-refractivity contribution in [3.05, 3.63) is 29.3 Å². The first-order chi connectivity index (χ1) is 8.42. The summed E-state index contributed by atoms with van der Waals surface area (Å²) in [7, 11) is 0. The average Bonchev–Trinajstić information content (AvgIpc) is 2.89. The van der Waals surface area contributed by atoms with E-state index in [0.29, 0.717) is 6.04 Å². The number of aryl methyl sites for hydroxylation is 2. The van der Waals surface area contributed by atoms with Crippen LogP contribution in [0.15, 0.2) is 18.2 Å². The van der Waals surface area contributed by atoms with Crippen molar-refractivity contribution in [2.24, 2.45) is 0 Å². The number of nitrogens with one attached hydrogen (secondary N) is 2. The maximum absolute atomic E-state index is 3.57. The molecule has 2 nitrogen and oxygen atoms in total. The summed E-state index contributed by atoms with van der Waals surface area (Å²) in [5, 5.41) is 7.10. The van der Waals surface area contributed by atoms with Gasteiger partial charge in [0.25, 0.3) is 0 Å². The first-order valence-corrected chi connectivity index (χ1v) is 7.01. The van der Waals surface area contributed by atoms with E-state index in [4.69, 9.17) is 0 Å². The second-order valence-corrected chi connectivity index (χ2v) is 5.36. The smallest absolute Gasteiger partial charge is 0.0343 e. The zero-order chi connectivity index (χ0) is 11.5. The molecule has 1 heterocycles. The summed E-state index contributed by atoms with van der Waals surface area (Å²) in [6.45, 7) is 2.26. The Morgan fingerprint density at radius 2 is 2.00 bits per heavy atom. The summed E-state index contributed by atoms with van der Waals surface area (Å²) in [5.41, 5.74) is 4.45. The van der Waals surface area contributed by atoms with Crippen molar-refractivity contribution < 1.29 is 0 Å². The van der Waals surface area contributed by atoms with Gasteiger partial charge in [-0.3, -0.25) is 0 Å². The van der Waals surface area contributed by atoms with E-state index in [1.807, 2.05) is 0 Å². The van der Waals surface area contributed by atoms with Crippen LogP contribution in [0.3, 0.4) is 0 Å². The van der Waals surface area contributed by atoms with E-state index >= 15 is 0 Å². The zero-order valence-corrected chi connectivity index (χ0v) is 10.5. The summed E-state index contributed by atoms with van der Waals surface area (Å²) >= 11 is 0. The normalized spacial score (nSPS) is 23.4. The molecule has 3 rings (SSSR count). The number of anilines is 1. The molecule has 1 aromatic rings. The number of hydrogen-bond donors (Lipinski definition) is 2. The summed E-state index contributed by atoms with van der Waals surface area (Å²) in [6.07, 6.45) is 7.92. The molecule has 1 saturated heterocycles. The molecule has 1 aromatic carbocycles. The Kier molecular flexibility index (Phi) is 3.32. The lowest BCUT2D eigenvalue weighted by Crippen LogP contribution is -2.29. The third kappa shape index (κ3) is 2.63. The maximum Gasteiger partial charge on any atom is 0.0343 e. The predicted molar refractivity (Wildman–Crippen MR) is 72.6 cm³/mol. The van der Waals surface area contributed by atoms with E-state index in [1.54, 1.807) is 11.1 Å². The van der Waals surface area contributed by atoms with Gasteiger partial charge in [0.1, 0.15) is 0 Å². The highest BCUT2D eigenvalue weighted by Crippen LogP contribution is 2.24. The Hall–Kier alpha value is -1.02. The van der Waals surface area contributed by atoms with E-state index in [9.17, 15) is 0 Å². The van der Waals surface area contributed by atoms with Crippen molar-refractivity contribution >= 4 is 5.69 Å². The van der Waals surface area contributed by atoms with E-state index in [2.05, 4.69) is 28.8 Å². The molecule has 0 spiro atoms. The summed E-state index contributed by atoms with van der Waals surface area (Å²) in [6, 6.07) is 7.60. The fourth-order valence-electron chi connectivity index (χ4n) is 3.02. The van der Waals surface area contributed by atoms with Crippen LogP contribution in [0.4, 0.5) is 5.69 Å². The van der Waals surface area contributed by atoms with Gasteiger partial charge in [0.2, 0.25) is 0 Å². The molecule has 1 fully saturated rings. The number of rotatable bonds is 3. The highest BCUT2D eigenvalue weighted by molar-refractivity contribution is 5.49. The first kappa shape index (κ1) is 11.1. The summed E-state index contributed by atoms with van der Waals surface area (Å²) in [5.74, 6) is 0. The second kappa shape index (κ2) is 5.09. The largest absolute Gasteiger partial charge is 0.383 e. The second-order valence-electron chi connectivity index (χ2n) is 5.36. The average molecular weight is 230 g/mol. The van der Waals surface area contributed by atoms with Crippen LogP contribution in [0.1, 0.15) is 36.8 Å². The first-order valence-electron chi connectivity index (χ1n) is 7.01. The molecule has 2 N–H and O–H groups in total. The van der Waals surface area contributed by atoms with Gasteiger partial charge in [0, 0.05) is 18.3 Å². The minimum Gasteiger partial charge on any atom is -0.383 e. The van der Waals surface area contributed by atoms with Gasteiger partial charge in [-0.1, -0.05) is 6.07 Å². The molecule has 1 aliphatic heterocycles. The summed E-state index contributed by atoms with van der Waals surface area (Å²) < 4.78 is 0. The number of benzene rings is 1. The molecule has 0 aromatic heterocycles. The van der Waals surface area contributed by atoms with Crippen molar-refractivity contribution in [2.75, 3.05) is 18.4 Å². The van der Waals surface area contributed by atoms with E-state index in [-0.39, 0.29) is 0 Å². The van der Waals surface area contributed by atoms with Crippen LogP contribution in [-0.2, 0) is 12.8 Å². The zero-order valence-electron chi connectivity index (χ0n) is 10.5. The SMILES string of the molecule is c1cc2c(cc1NCC1CCCN1)CCCC2. The van der Waals surface area contributed by atoms with Gasteiger partial charge in [0.15, 0.2) is 0 Å². The van der Waals surface area contributed by atoms with Crippen LogP contribution < -0.4 is 10.6 Å². The van der Waals surface area contributed by atoms with Crippen molar-refractivity contribution in [3.63, 3.8) is 0 Å². The van der Waals surface area contributed by atoms with Crippen LogP contribution in [0.2, 0.25) is 0 Å². The highest BCUT2D eigenvalue weighted by Gasteiger charge is 2.14. The van der Waals surface area contributed by atoms with Crippen LogP contribution in [0.25, 0.3) is 0 Å². The number of fused-ring (bicyclic) bond motifs is 1. The number of hydrogen-bond acceptors (Lipinski definition) is 2. The van der Waals surface area contributed by atoms with E-state index in [0.717, 1.165) is 6.54 Å². The van der Waals surface area contributed by atoms with E-state index < -0.39 is 0 Å². The molecule has 1 unspecified atom stereocenters. The van der Waals surface area contributed by atoms with Gasteiger partial charge in [-0.25, -0.2) is 0 Å². The minimum absolute atomic E-state index is 0.672. The molecule has 17 heavy (non-hydrogen) atoms. The van der Waals surface area contributed by atoms with Crippen LogP contribution in [-0.4, -0.2) is 19.1 Å². The molecule has 1 aliphatic carbocycles. The lowest BCUT2D eigenvalue weighted by Gasteiger charge is -2.18. The van der Waals surface area contributed by atoms with Gasteiger partial charge in [-0.15, -0.1) is 0 Å². The third-order valence-electron chi connectivity index (χ3n) is 4.06. The molecule has 0 bridgehead atoms. The van der Waals surface area contributed by atoms with Crippen LogP contribution in [0.5, 0.6) is 0 Å². The molecular formula is C15H22N2. The molecule has 2 aliphatic rings. The molecular weight excluding hydrogens is 208 g/mol.